The highest BCUT2D eigenvalue weighted by atomic mass is 32.1. The summed E-state index contributed by atoms with van der Waals surface area (Å²) in [6.07, 6.45) is 2.13. The van der Waals surface area contributed by atoms with Gasteiger partial charge in [0.05, 0.1) is 11.4 Å². The Bertz CT molecular complexity index is 479. The van der Waals surface area contributed by atoms with E-state index in [1.165, 1.54) is 0 Å². The quantitative estimate of drug-likeness (QED) is 0.461. The van der Waals surface area contributed by atoms with Crippen LogP contribution in [0.4, 0.5) is 0 Å². The fourth-order valence-electron chi connectivity index (χ4n) is 1.38. The summed E-state index contributed by atoms with van der Waals surface area (Å²) in [6, 6.07) is 9.83. The molecule has 0 spiro atoms. The van der Waals surface area contributed by atoms with Crippen molar-refractivity contribution < 1.29 is 0 Å². The van der Waals surface area contributed by atoms with Gasteiger partial charge < -0.3 is 5.43 Å². The van der Waals surface area contributed by atoms with Crippen molar-refractivity contribution in [2.45, 2.75) is 6.42 Å². The van der Waals surface area contributed by atoms with Crippen molar-refractivity contribution in [2.75, 3.05) is 0 Å². The van der Waals surface area contributed by atoms with Gasteiger partial charge in [-0.1, -0.05) is 30.4 Å². The number of aromatic nitrogens is 3. The van der Waals surface area contributed by atoms with Gasteiger partial charge in [-0.15, -0.1) is 10.2 Å². The summed E-state index contributed by atoms with van der Waals surface area (Å²) in [6.45, 7) is 0. The maximum Gasteiger partial charge on any atom is 0.144 e. The first-order chi connectivity index (χ1) is 7.81. The maximum absolute atomic E-state index is 5.23. The van der Waals surface area contributed by atoms with Gasteiger partial charge in [-0.2, -0.15) is 0 Å². The minimum Gasteiger partial charge on any atom is -0.318 e. The molecule has 3 N–H and O–H groups in total. The van der Waals surface area contributed by atoms with E-state index < -0.39 is 0 Å². The first-order valence-corrected chi connectivity index (χ1v) is 5.16. The zero-order valence-electron chi connectivity index (χ0n) is 8.50. The van der Waals surface area contributed by atoms with Crippen molar-refractivity contribution in [3.8, 4) is 5.69 Å². The fourth-order valence-corrected chi connectivity index (χ4v) is 1.51. The molecule has 0 aliphatic heterocycles. The highest BCUT2D eigenvalue weighted by Crippen LogP contribution is 2.09. The second-order valence-electron chi connectivity index (χ2n) is 3.20. The van der Waals surface area contributed by atoms with Gasteiger partial charge in [0.25, 0.3) is 0 Å². The van der Waals surface area contributed by atoms with Crippen LogP contribution < -0.4 is 11.3 Å². The topological polar surface area (TPSA) is 68.8 Å². The molecule has 0 atom stereocenters. The summed E-state index contributed by atoms with van der Waals surface area (Å²) in [4.78, 5) is 0.533. The van der Waals surface area contributed by atoms with E-state index >= 15 is 0 Å². The van der Waals surface area contributed by atoms with Crippen LogP contribution in [0.5, 0.6) is 0 Å². The van der Waals surface area contributed by atoms with Crippen LogP contribution in [0, 0.1) is 0 Å². The number of para-hydroxylation sites is 1. The molecule has 1 heterocycles. The molecule has 5 nitrogen and oxygen atoms in total. The SMILES string of the molecule is NNC(=S)Cc1nncn1-c1ccccc1. The smallest absolute Gasteiger partial charge is 0.144 e. The first kappa shape index (κ1) is 10.7. The van der Waals surface area contributed by atoms with Gasteiger partial charge in [-0.05, 0) is 12.1 Å². The molecule has 2 rings (SSSR count). The van der Waals surface area contributed by atoms with Crippen molar-refractivity contribution in [1.29, 1.82) is 0 Å². The number of hydrazine groups is 1. The van der Waals surface area contributed by atoms with Crippen LogP contribution in [0.3, 0.4) is 0 Å². The van der Waals surface area contributed by atoms with Crippen molar-refractivity contribution in [2.24, 2.45) is 5.84 Å². The molecule has 0 saturated heterocycles. The van der Waals surface area contributed by atoms with E-state index in [1.54, 1.807) is 6.33 Å². The van der Waals surface area contributed by atoms with E-state index in [-0.39, 0.29) is 0 Å². The lowest BCUT2D eigenvalue weighted by molar-refractivity contribution is 0.912. The Hall–Kier alpha value is -1.79. The molecule has 0 radical (unpaired) electrons. The molecule has 0 aliphatic carbocycles. The summed E-state index contributed by atoms with van der Waals surface area (Å²) >= 11 is 5.00. The molecule has 16 heavy (non-hydrogen) atoms. The van der Waals surface area contributed by atoms with E-state index in [4.69, 9.17) is 18.1 Å². The number of hydrogen-bond acceptors (Lipinski definition) is 4. The molecule has 2 aromatic rings. The predicted molar refractivity (Wildman–Crippen MR) is 65.0 cm³/mol. The molecule has 0 bridgehead atoms. The maximum atomic E-state index is 5.23. The monoisotopic (exact) mass is 233 g/mol. The second kappa shape index (κ2) is 4.82. The van der Waals surface area contributed by atoms with Crippen LogP contribution in [-0.4, -0.2) is 19.8 Å². The van der Waals surface area contributed by atoms with Crippen molar-refractivity contribution in [3.05, 3.63) is 42.5 Å². The molecule has 0 amide bonds. The molecule has 0 aliphatic rings. The van der Waals surface area contributed by atoms with Gasteiger partial charge in [0.2, 0.25) is 0 Å². The number of thiocarbonyl (C=S) groups is 1. The zero-order chi connectivity index (χ0) is 11.4. The lowest BCUT2D eigenvalue weighted by Crippen LogP contribution is -2.30. The molecular formula is C10H11N5S. The predicted octanol–water partition coefficient (Wildman–Crippen LogP) is 0.600. The van der Waals surface area contributed by atoms with Crippen LogP contribution in [0.1, 0.15) is 5.82 Å². The third kappa shape index (κ3) is 2.23. The number of hydrogen-bond donors (Lipinski definition) is 2. The summed E-state index contributed by atoms with van der Waals surface area (Å²) in [5, 5.41) is 7.88. The molecular weight excluding hydrogens is 222 g/mol. The lowest BCUT2D eigenvalue weighted by Gasteiger charge is -2.06. The molecule has 0 fully saturated rings. The molecule has 1 aromatic carbocycles. The summed E-state index contributed by atoms with van der Waals surface area (Å²) < 4.78 is 1.88. The Morgan fingerprint density at radius 2 is 2.12 bits per heavy atom. The van der Waals surface area contributed by atoms with E-state index in [0.717, 1.165) is 11.5 Å². The molecule has 6 heteroatoms. The van der Waals surface area contributed by atoms with Crippen LogP contribution in [0.25, 0.3) is 5.69 Å². The lowest BCUT2D eigenvalue weighted by atomic mass is 10.3. The molecule has 0 unspecified atom stereocenters. The zero-order valence-corrected chi connectivity index (χ0v) is 9.31. The minimum atomic E-state index is 0.473. The normalized spacial score (nSPS) is 10.1. The van der Waals surface area contributed by atoms with Crippen molar-refractivity contribution in [1.82, 2.24) is 20.2 Å². The average molecular weight is 233 g/mol. The number of nitrogens with two attached hydrogens (primary N) is 1. The first-order valence-electron chi connectivity index (χ1n) is 4.75. The third-order valence-electron chi connectivity index (χ3n) is 2.13. The van der Waals surface area contributed by atoms with E-state index in [9.17, 15) is 0 Å². The van der Waals surface area contributed by atoms with Crippen LogP contribution in [0.15, 0.2) is 36.7 Å². The van der Waals surface area contributed by atoms with Crippen LogP contribution >= 0.6 is 12.2 Å². The second-order valence-corrected chi connectivity index (χ2v) is 3.69. The van der Waals surface area contributed by atoms with Crippen molar-refractivity contribution in [3.63, 3.8) is 0 Å². The number of nitrogens with zero attached hydrogens (tertiary/aromatic N) is 3. The number of nitrogens with one attached hydrogen (secondary N) is 1. The van der Waals surface area contributed by atoms with Gasteiger partial charge >= 0.3 is 0 Å². The fraction of sp³-hybridized carbons (Fsp3) is 0.100. The van der Waals surface area contributed by atoms with Gasteiger partial charge in [0.15, 0.2) is 0 Å². The number of benzene rings is 1. The minimum absolute atomic E-state index is 0.473. The molecule has 0 saturated carbocycles. The Morgan fingerprint density at radius 3 is 2.81 bits per heavy atom. The van der Waals surface area contributed by atoms with Gasteiger partial charge in [0.1, 0.15) is 12.2 Å². The Labute approximate surface area is 98.3 Å². The standard InChI is InChI=1S/C10H11N5S/c11-13-10(16)6-9-14-12-7-15(9)8-4-2-1-3-5-8/h1-5,7H,6,11H2,(H,13,16). The van der Waals surface area contributed by atoms with Crippen LogP contribution in [-0.2, 0) is 6.42 Å². The van der Waals surface area contributed by atoms with Crippen molar-refractivity contribution >= 4 is 17.2 Å². The Kier molecular flexibility index (Phi) is 3.23. The summed E-state index contributed by atoms with van der Waals surface area (Å²) in [5.41, 5.74) is 3.43. The van der Waals surface area contributed by atoms with E-state index in [2.05, 4.69) is 15.6 Å². The van der Waals surface area contributed by atoms with Gasteiger partial charge in [-0.3, -0.25) is 10.4 Å². The van der Waals surface area contributed by atoms with Crippen LogP contribution in [0.2, 0.25) is 0 Å². The third-order valence-corrected chi connectivity index (χ3v) is 2.39. The Morgan fingerprint density at radius 1 is 1.38 bits per heavy atom. The highest BCUT2D eigenvalue weighted by Gasteiger charge is 2.07. The largest absolute Gasteiger partial charge is 0.318 e. The van der Waals surface area contributed by atoms with Gasteiger partial charge in [-0.25, -0.2) is 0 Å². The van der Waals surface area contributed by atoms with E-state index in [0.29, 0.717) is 11.4 Å². The molecule has 82 valence electrons. The summed E-state index contributed by atoms with van der Waals surface area (Å²) in [5.74, 6) is 5.99. The molecule has 1 aromatic heterocycles. The highest BCUT2D eigenvalue weighted by molar-refractivity contribution is 7.80. The van der Waals surface area contributed by atoms with E-state index in [1.807, 2.05) is 34.9 Å². The average Bonchev–Trinajstić information content (AvgIpc) is 2.78. The van der Waals surface area contributed by atoms with Gasteiger partial charge in [0, 0.05) is 5.69 Å². The number of rotatable bonds is 3. The summed E-state index contributed by atoms with van der Waals surface area (Å²) in [7, 11) is 0. The Balaban J connectivity index is 2.29.